The molecule has 0 bridgehead atoms. The highest BCUT2D eigenvalue weighted by atomic mass is 32.2. The molecule has 376 valence electrons. The molecule has 0 atom stereocenters. The van der Waals surface area contributed by atoms with E-state index in [0.29, 0.717) is 16.9 Å². The standard InChI is InChI=1S/C48H37N9O12S5/c1-28-39(26-49)45(51-32-15-19-35(20-16-32)71(58,59)66-2)53-46(52-33-17-21-36(22-18-33)72(60,61)67-3)44(28)55-56-47-40(27-50)43(31-14-13-29-9-6-7-10-30(29)23-31)48(70-47)57-54-34-24-38-37(42(25-34)74(64,65)69-5)11-8-12-41(38)73(62,63)68-4/h6-25H,1-5H3,(H2,51,52,53). The first-order valence-corrected chi connectivity index (χ1v) is 27.6. The van der Waals surface area contributed by atoms with Crippen molar-refractivity contribution in [3.63, 3.8) is 0 Å². The summed E-state index contributed by atoms with van der Waals surface area (Å²) in [6.45, 7) is 1.57. The monoisotopic (exact) mass is 1090 g/mol. The minimum absolute atomic E-state index is 0.000178. The molecule has 0 radical (unpaired) electrons. The molecule has 0 saturated carbocycles. The van der Waals surface area contributed by atoms with Crippen molar-refractivity contribution in [3.05, 3.63) is 138 Å². The number of anilines is 4. The van der Waals surface area contributed by atoms with Crippen molar-refractivity contribution >= 4 is 118 Å². The van der Waals surface area contributed by atoms with Gasteiger partial charge in [-0.25, -0.2) is 4.98 Å². The van der Waals surface area contributed by atoms with Crippen LogP contribution in [-0.2, 0) is 57.2 Å². The van der Waals surface area contributed by atoms with E-state index in [0.717, 1.165) is 56.6 Å². The number of nitrogens with zero attached hydrogens (tertiary/aromatic N) is 7. The summed E-state index contributed by atoms with van der Waals surface area (Å²) in [5.41, 5.74) is 1.50. The number of nitriles is 2. The minimum atomic E-state index is -4.47. The Balaban J connectivity index is 1.30. The Morgan fingerprint density at radius 2 is 1.08 bits per heavy atom. The number of benzene rings is 6. The molecule has 0 unspecified atom stereocenters. The molecule has 0 spiro atoms. The van der Waals surface area contributed by atoms with E-state index in [1.807, 2.05) is 36.4 Å². The summed E-state index contributed by atoms with van der Waals surface area (Å²) in [5, 5.41) is 47.3. The zero-order chi connectivity index (χ0) is 53.2. The molecule has 2 N–H and O–H groups in total. The number of hydrogen-bond donors (Lipinski definition) is 2. The zero-order valence-corrected chi connectivity index (χ0v) is 43.2. The van der Waals surface area contributed by atoms with E-state index in [1.165, 1.54) is 72.8 Å². The normalized spacial score (nSPS) is 12.4. The first-order valence-electron chi connectivity index (χ1n) is 21.2. The second kappa shape index (κ2) is 20.9. The largest absolute Gasteiger partial charge is 0.339 e. The number of nitrogens with one attached hydrogen (secondary N) is 2. The number of aromatic nitrogens is 1. The molecule has 26 heteroatoms. The van der Waals surface area contributed by atoms with Crippen molar-refractivity contribution in [2.75, 3.05) is 39.1 Å². The lowest BCUT2D eigenvalue weighted by atomic mass is 10.00. The van der Waals surface area contributed by atoms with Gasteiger partial charge in [0.05, 0.1) is 49.5 Å². The van der Waals surface area contributed by atoms with Crippen LogP contribution in [0, 0.1) is 29.6 Å². The maximum Gasteiger partial charge on any atom is 0.297 e. The van der Waals surface area contributed by atoms with Gasteiger partial charge in [0.2, 0.25) is 0 Å². The van der Waals surface area contributed by atoms with Gasteiger partial charge in [-0.05, 0) is 96.1 Å². The van der Waals surface area contributed by atoms with Crippen LogP contribution < -0.4 is 10.6 Å². The second-order valence-corrected chi connectivity index (χ2v) is 23.1. The van der Waals surface area contributed by atoms with Gasteiger partial charge in [-0.3, -0.25) is 16.7 Å². The van der Waals surface area contributed by atoms with Crippen molar-refractivity contribution in [1.29, 1.82) is 10.5 Å². The molecule has 8 aromatic rings. The molecular formula is C48H37N9O12S5. The third-order valence-electron chi connectivity index (χ3n) is 11.2. The number of fused-ring (bicyclic) bond motifs is 2. The predicted molar refractivity (Wildman–Crippen MR) is 274 cm³/mol. The van der Waals surface area contributed by atoms with Gasteiger partial charge in [-0.2, -0.15) is 44.2 Å². The predicted octanol–water partition coefficient (Wildman–Crippen LogP) is 10.8. The summed E-state index contributed by atoms with van der Waals surface area (Å²) in [4.78, 5) is 3.66. The zero-order valence-electron chi connectivity index (χ0n) is 39.1. The van der Waals surface area contributed by atoms with Crippen LogP contribution in [0.3, 0.4) is 0 Å². The van der Waals surface area contributed by atoms with E-state index >= 15 is 0 Å². The summed E-state index contributed by atoms with van der Waals surface area (Å²) in [5.74, 6) is -0.00373. The van der Waals surface area contributed by atoms with Gasteiger partial charge < -0.3 is 10.6 Å². The lowest BCUT2D eigenvalue weighted by Gasteiger charge is -2.16. The maximum absolute atomic E-state index is 13.3. The molecule has 0 aliphatic heterocycles. The topological polar surface area (TPSA) is 307 Å². The van der Waals surface area contributed by atoms with Gasteiger partial charge >= 0.3 is 0 Å². The number of azo groups is 2. The molecule has 0 aliphatic carbocycles. The molecule has 2 heterocycles. The van der Waals surface area contributed by atoms with Crippen molar-refractivity contribution in [1.82, 2.24) is 4.98 Å². The van der Waals surface area contributed by atoms with Gasteiger partial charge in [0.1, 0.15) is 38.2 Å². The number of rotatable bonds is 17. The lowest BCUT2D eigenvalue weighted by molar-refractivity contribution is 0.396. The van der Waals surface area contributed by atoms with Crippen LogP contribution in [0.4, 0.5) is 44.4 Å². The van der Waals surface area contributed by atoms with E-state index < -0.39 is 45.4 Å². The molecule has 0 amide bonds. The van der Waals surface area contributed by atoms with E-state index in [9.17, 15) is 44.2 Å². The molecule has 74 heavy (non-hydrogen) atoms. The number of pyridine rings is 1. The summed E-state index contributed by atoms with van der Waals surface area (Å²) >= 11 is 0.879. The molecule has 21 nitrogen and oxygen atoms in total. The Bertz CT molecular complexity index is 4180. The fraction of sp³-hybridized carbons (Fsp3) is 0.104. The molecule has 6 aromatic carbocycles. The smallest absolute Gasteiger partial charge is 0.297 e. The average Bonchev–Trinajstić information content (AvgIpc) is 3.76. The molecule has 8 rings (SSSR count). The third kappa shape index (κ3) is 10.5. The summed E-state index contributed by atoms with van der Waals surface area (Å²) in [6.07, 6.45) is 0. The Hall–Kier alpha value is -7.89. The lowest BCUT2D eigenvalue weighted by Crippen LogP contribution is -2.06. The Kier molecular flexibility index (Phi) is 14.8. The number of thiophene rings is 1. The quantitative estimate of drug-likeness (QED) is 0.0632. The second-order valence-electron chi connectivity index (χ2n) is 15.4. The minimum Gasteiger partial charge on any atom is -0.339 e. The maximum atomic E-state index is 13.3. The van der Waals surface area contributed by atoms with Crippen LogP contribution in [0.15, 0.2) is 161 Å². The Labute approximate surface area is 428 Å². The first-order chi connectivity index (χ1) is 35.3. The Morgan fingerprint density at radius 1 is 0.527 bits per heavy atom. The molecule has 0 aliphatic rings. The highest BCUT2D eigenvalue weighted by molar-refractivity contribution is 7.87. The van der Waals surface area contributed by atoms with Crippen molar-refractivity contribution < 1.29 is 50.4 Å². The van der Waals surface area contributed by atoms with E-state index in [4.69, 9.17) is 8.37 Å². The fourth-order valence-electron chi connectivity index (χ4n) is 7.44. The van der Waals surface area contributed by atoms with Gasteiger partial charge in [0, 0.05) is 33.3 Å². The van der Waals surface area contributed by atoms with Crippen LogP contribution in [0.1, 0.15) is 16.7 Å². The van der Waals surface area contributed by atoms with Crippen LogP contribution >= 0.6 is 11.3 Å². The molecular weight excluding hydrogens is 1050 g/mol. The highest BCUT2D eigenvalue weighted by Gasteiger charge is 2.26. The third-order valence-corrected chi connectivity index (χ3v) is 17.4. The molecule has 0 saturated heterocycles. The number of hydrogen-bond acceptors (Lipinski definition) is 22. The Morgan fingerprint density at radius 3 is 1.66 bits per heavy atom. The summed E-state index contributed by atoms with van der Waals surface area (Å²) in [6, 6.07) is 34.6. The SMILES string of the molecule is COS(=O)(=O)c1ccc(Nc2nc(Nc3ccc(S(=O)(=O)OC)cc3)c(N=Nc3sc(N=Nc4cc(S(=O)(=O)OC)c5cccc(S(=O)(=O)OC)c5c4)c(-c4ccc5ccccc5c4)c3C#N)c(C)c2C#N)cc1. The first kappa shape index (κ1) is 52.4. The van der Waals surface area contributed by atoms with Gasteiger partial charge in [-0.1, -0.05) is 59.9 Å². The van der Waals surface area contributed by atoms with Crippen molar-refractivity contribution in [3.8, 4) is 23.3 Å². The van der Waals surface area contributed by atoms with Gasteiger partial charge in [0.25, 0.3) is 40.5 Å². The summed E-state index contributed by atoms with van der Waals surface area (Å²) < 4.78 is 121. The van der Waals surface area contributed by atoms with Gasteiger partial charge in [0.15, 0.2) is 16.6 Å². The van der Waals surface area contributed by atoms with Crippen molar-refractivity contribution in [2.45, 2.75) is 26.5 Å². The van der Waals surface area contributed by atoms with Crippen LogP contribution in [0.2, 0.25) is 0 Å². The van der Waals surface area contributed by atoms with Crippen LogP contribution in [-0.4, -0.2) is 67.1 Å². The molecule has 0 fully saturated rings. The van der Waals surface area contributed by atoms with Crippen LogP contribution in [0.25, 0.3) is 32.7 Å². The molecule has 2 aromatic heterocycles. The van der Waals surface area contributed by atoms with E-state index in [1.54, 1.807) is 13.0 Å². The van der Waals surface area contributed by atoms with Gasteiger partial charge in [-0.15, -0.1) is 20.5 Å². The fourth-order valence-corrected chi connectivity index (χ4v) is 11.4. The van der Waals surface area contributed by atoms with E-state index in [-0.39, 0.29) is 80.7 Å². The van der Waals surface area contributed by atoms with Crippen molar-refractivity contribution in [2.24, 2.45) is 20.5 Å². The van der Waals surface area contributed by atoms with E-state index in [2.05, 4.69) is 56.6 Å². The highest BCUT2D eigenvalue weighted by Crippen LogP contribution is 2.49. The van der Waals surface area contributed by atoms with Crippen LogP contribution in [0.5, 0.6) is 0 Å². The summed E-state index contributed by atoms with van der Waals surface area (Å²) in [7, 11) is -13.0. The average molecular weight is 1090 g/mol.